The predicted molar refractivity (Wildman–Crippen MR) is 109 cm³/mol. The fourth-order valence-corrected chi connectivity index (χ4v) is 3.72. The van der Waals surface area contributed by atoms with Gasteiger partial charge in [-0.3, -0.25) is 9.69 Å². The Hall–Kier alpha value is -3.55. The minimum absolute atomic E-state index is 0.152. The van der Waals surface area contributed by atoms with Crippen LogP contribution in [0.4, 0.5) is 13.6 Å². The first kappa shape index (κ1) is 20.7. The third-order valence-electron chi connectivity index (χ3n) is 5.39. The van der Waals surface area contributed by atoms with E-state index in [1.165, 1.54) is 42.6 Å². The van der Waals surface area contributed by atoms with Gasteiger partial charge in [0.25, 0.3) is 5.91 Å². The molecule has 2 heterocycles. The molecule has 160 valence electrons. The number of rotatable bonds is 7. The molecule has 0 saturated carbocycles. The number of carbonyl (C=O) groups excluding carboxylic acids is 2. The van der Waals surface area contributed by atoms with Crippen LogP contribution < -0.4 is 5.32 Å². The quantitative estimate of drug-likeness (QED) is 0.554. The lowest BCUT2D eigenvalue weighted by molar-refractivity contribution is -0.132. The van der Waals surface area contributed by atoms with E-state index in [9.17, 15) is 18.4 Å². The predicted octanol–water partition coefficient (Wildman–Crippen LogP) is 4.76. The molecule has 1 aliphatic heterocycles. The molecule has 1 aromatic heterocycles. The van der Waals surface area contributed by atoms with Crippen LogP contribution in [-0.2, 0) is 16.9 Å². The molecule has 8 heteroatoms. The van der Waals surface area contributed by atoms with E-state index < -0.39 is 23.3 Å². The zero-order valence-corrected chi connectivity index (χ0v) is 16.9. The Morgan fingerprint density at radius 1 is 1.03 bits per heavy atom. The topological polar surface area (TPSA) is 75.4 Å². The number of hydrogen-bond donors (Lipinski definition) is 1. The number of aromatic nitrogens is 1. The highest BCUT2D eigenvalue weighted by Crippen LogP contribution is 2.35. The van der Waals surface area contributed by atoms with Crippen LogP contribution in [0.1, 0.15) is 37.6 Å². The Kier molecular flexibility index (Phi) is 5.54. The second-order valence-corrected chi connectivity index (χ2v) is 7.46. The minimum atomic E-state index is -1.26. The molecule has 0 spiro atoms. The monoisotopic (exact) mass is 425 g/mol. The van der Waals surface area contributed by atoms with Crippen LogP contribution in [0.25, 0.3) is 11.3 Å². The van der Waals surface area contributed by atoms with Gasteiger partial charge in [-0.2, -0.15) is 0 Å². The maximum Gasteiger partial charge on any atom is 0.325 e. The maximum absolute atomic E-state index is 13.4. The van der Waals surface area contributed by atoms with E-state index in [1.807, 2.05) is 6.92 Å². The summed E-state index contributed by atoms with van der Waals surface area (Å²) in [6.07, 6.45) is 3.38. The van der Waals surface area contributed by atoms with Crippen molar-refractivity contribution in [3.8, 4) is 11.3 Å². The van der Waals surface area contributed by atoms with Gasteiger partial charge in [-0.1, -0.05) is 31.9 Å². The number of hydrogen-bond acceptors (Lipinski definition) is 4. The van der Waals surface area contributed by atoms with Crippen molar-refractivity contribution in [2.45, 2.75) is 38.3 Å². The second-order valence-electron chi connectivity index (χ2n) is 7.46. The Morgan fingerprint density at radius 2 is 1.68 bits per heavy atom. The average Bonchev–Trinajstić information content (AvgIpc) is 3.32. The molecule has 1 atom stereocenters. The zero-order valence-electron chi connectivity index (χ0n) is 16.9. The first-order valence-corrected chi connectivity index (χ1v) is 10.0. The number of urea groups is 1. The Morgan fingerprint density at radius 3 is 2.32 bits per heavy atom. The van der Waals surface area contributed by atoms with Gasteiger partial charge in [-0.15, -0.1) is 0 Å². The number of unbranched alkanes of at least 4 members (excludes halogenated alkanes) is 1. The van der Waals surface area contributed by atoms with Crippen molar-refractivity contribution in [2.75, 3.05) is 0 Å². The summed E-state index contributed by atoms with van der Waals surface area (Å²) in [7, 11) is 0. The first-order valence-electron chi connectivity index (χ1n) is 10.0. The van der Waals surface area contributed by atoms with Crippen molar-refractivity contribution in [1.29, 1.82) is 0 Å². The lowest BCUT2D eigenvalue weighted by Gasteiger charge is -2.27. The summed E-state index contributed by atoms with van der Waals surface area (Å²) in [6.45, 7) is 1.84. The number of nitrogens with one attached hydrogen (secondary N) is 1. The van der Waals surface area contributed by atoms with Gasteiger partial charge in [0.05, 0.1) is 6.20 Å². The highest BCUT2D eigenvalue weighted by molar-refractivity contribution is 6.07. The number of oxazole rings is 1. The molecule has 1 N–H and O–H groups in total. The van der Waals surface area contributed by atoms with E-state index in [2.05, 4.69) is 10.3 Å². The molecule has 31 heavy (non-hydrogen) atoms. The average molecular weight is 425 g/mol. The summed E-state index contributed by atoms with van der Waals surface area (Å²) in [5.41, 5.74) is -0.101. The molecule has 1 aliphatic rings. The zero-order chi connectivity index (χ0) is 22.0. The van der Waals surface area contributed by atoms with E-state index in [-0.39, 0.29) is 18.3 Å². The van der Waals surface area contributed by atoms with Crippen LogP contribution >= 0.6 is 0 Å². The van der Waals surface area contributed by atoms with Gasteiger partial charge in [0.15, 0.2) is 5.76 Å². The number of carbonyl (C=O) groups is 2. The lowest BCUT2D eigenvalue weighted by Crippen LogP contribution is -2.44. The molecule has 0 aliphatic carbocycles. The van der Waals surface area contributed by atoms with E-state index in [4.69, 9.17) is 4.42 Å². The van der Waals surface area contributed by atoms with Gasteiger partial charge in [-0.05, 0) is 48.4 Å². The normalized spacial score (nSPS) is 18.5. The summed E-state index contributed by atoms with van der Waals surface area (Å²) < 4.78 is 32.2. The summed E-state index contributed by atoms with van der Waals surface area (Å²) in [4.78, 5) is 31.3. The number of halogens is 2. The molecule has 4 rings (SSSR count). The number of amides is 3. The summed E-state index contributed by atoms with van der Waals surface area (Å²) >= 11 is 0. The molecule has 1 unspecified atom stereocenters. The van der Waals surface area contributed by atoms with Crippen LogP contribution in [0.5, 0.6) is 0 Å². The van der Waals surface area contributed by atoms with Crippen LogP contribution in [0.15, 0.2) is 59.1 Å². The number of nitrogens with zero attached hydrogens (tertiary/aromatic N) is 2. The van der Waals surface area contributed by atoms with Crippen LogP contribution in [-0.4, -0.2) is 21.8 Å². The Balaban J connectivity index is 1.59. The molecule has 0 bridgehead atoms. The first-order chi connectivity index (χ1) is 14.9. The molecule has 3 amide bonds. The lowest BCUT2D eigenvalue weighted by atomic mass is 9.85. The third-order valence-corrected chi connectivity index (χ3v) is 5.39. The fraction of sp³-hybridized carbons (Fsp3) is 0.261. The smallest absolute Gasteiger partial charge is 0.325 e. The Bertz CT molecular complexity index is 1100. The van der Waals surface area contributed by atoms with Crippen LogP contribution in [0.3, 0.4) is 0 Å². The summed E-state index contributed by atoms with van der Waals surface area (Å²) in [6, 6.07) is 10.7. The van der Waals surface area contributed by atoms with Crippen molar-refractivity contribution in [3.05, 3.63) is 77.8 Å². The number of imide groups is 1. The van der Waals surface area contributed by atoms with Gasteiger partial charge in [0.1, 0.15) is 23.7 Å². The molecule has 1 saturated heterocycles. The largest absolute Gasteiger partial charge is 0.439 e. The van der Waals surface area contributed by atoms with Crippen molar-refractivity contribution in [3.63, 3.8) is 0 Å². The van der Waals surface area contributed by atoms with Gasteiger partial charge in [0.2, 0.25) is 5.89 Å². The van der Waals surface area contributed by atoms with Gasteiger partial charge in [0, 0.05) is 5.56 Å². The maximum atomic E-state index is 13.4. The van der Waals surface area contributed by atoms with Crippen LogP contribution in [0, 0.1) is 11.6 Å². The van der Waals surface area contributed by atoms with Crippen molar-refractivity contribution >= 4 is 11.9 Å². The summed E-state index contributed by atoms with van der Waals surface area (Å²) in [5.74, 6) is -0.645. The van der Waals surface area contributed by atoms with Crippen molar-refractivity contribution in [1.82, 2.24) is 15.2 Å². The molecule has 1 fully saturated rings. The third kappa shape index (κ3) is 3.93. The van der Waals surface area contributed by atoms with E-state index in [0.717, 1.165) is 11.3 Å². The van der Waals surface area contributed by atoms with E-state index in [1.54, 1.807) is 12.1 Å². The molecule has 3 aromatic rings. The standard InChI is InChI=1S/C23H21F2N3O3/c1-2-3-12-23(16-6-10-18(25)11-7-16)21(29)28(22(30)27-23)14-20-26-13-19(31-20)15-4-8-17(24)9-5-15/h4-11,13H,2-3,12,14H2,1H3,(H,27,30). The van der Waals surface area contributed by atoms with Gasteiger partial charge < -0.3 is 9.73 Å². The van der Waals surface area contributed by atoms with Crippen molar-refractivity contribution < 1.29 is 22.8 Å². The van der Waals surface area contributed by atoms with Crippen molar-refractivity contribution in [2.24, 2.45) is 0 Å². The van der Waals surface area contributed by atoms with Gasteiger partial charge in [-0.25, -0.2) is 18.6 Å². The van der Waals surface area contributed by atoms with Crippen LogP contribution in [0.2, 0.25) is 0 Å². The second kappa shape index (κ2) is 8.29. The van der Waals surface area contributed by atoms with E-state index >= 15 is 0 Å². The highest BCUT2D eigenvalue weighted by atomic mass is 19.1. The number of benzene rings is 2. The Labute approximate surface area is 177 Å². The van der Waals surface area contributed by atoms with E-state index in [0.29, 0.717) is 29.7 Å². The molecule has 2 aromatic carbocycles. The summed E-state index contributed by atoms with van der Waals surface area (Å²) in [5, 5.41) is 2.81. The molecule has 0 radical (unpaired) electrons. The SMILES string of the molecule is CCCCC1(c2ccc(F)cc2)NC(=O)N(Cc2ncc(-c3ccc(F)cc3)o2)C1=O. The molecule has 6 nitrogen and oxygen atoms in total. The van der Waals surface area contributed by atoms with Gasteiger partial charge >= 0.3 is 6.03 Å². The highest BCUT2D eigenvalue weighted by Gasteiger charge is 2.52. The molecular weight excluding hydrogens is 404 g/mol. The minimum Gasteiger partial charge on any atom is -0.439 e. The molecular formula is C23H21F2N3O3. The fourth-order valence-electron chi connectivity index (χ4n) is 3.72.